The Morgan fingerprint density at radius 2 is 2.06 bits per heavy atom. The van der Waals surface area contributed by atoms with Crippen LogP contribution in [0.15, 0.2) is 28.7 Å². The Balaban J connectivity index is 2.27. The molecule has 0 fully saturated rings. The number of nitrogens with one attached hydrogen (secondary N) is 2. The van der Waals surface area contributed by atoms with Crippen molar-refractivity contribution in [3.05, 3.63) is 28.7 Å². The molecule has 1 aromatic rings. The summed E-state index contributed by atoms with van der Waals surface area (Å²) in [7, 11) is 0. The fourth-order valence-electron chi connectivity index (χ4n) is 1.36. The van der Waals surface area contributed by atoms with Gasteiger partial charge in [-0.15, -0.1) is 0 Å². The van der Waals surface area contributed by atoms with Crippen LogP contribution in [0.5, 0.6) is 0 Å². The van der Waals surface area contributed by atoms with Crippen LogP contribution in [-0.2, 0) is 4.79 Å². The smallest absolute Gasteiger partial charge is 0.238 e. The van der Waals surface area contributed by atoms with Gasteiger partial charge in [-0.2, -0.15) is 11.8 Å². The number of rotatable bonds is 7. The molecule has 1 atom stereocenters. The minimum atomic E-state index is -0.00864. The molecule has 0 spiro atoms. The summed E-state index contributed by atoms with van der Waals surface area (Å²) >= 11 is 5.23. The molecule has 0 saturated heterocycles. The highest BCUT2D eigenvalue weighted by Crippen LogP contribution is 2.13. The summed E-state index contributed by atoms with van der Waals surface area (Å²) in [4.78, 5) is 11.7. The van der Waals surface area contributed by atoms with Gasteiger partial charge in [-0.25, -0.2) is 0 Å². The fourth-order valence-corrected chi connectivity index (χ4v) is 2.33. The molecule has 0 aliphatic heterocycles. The zero-order chi connectivity index (χ0) is 13.4. The summed E-state index contributed by atoms with van der Waals surface area (Å²) in [5.41, 5.74) is 0.820. The molecule has 0 saturated carbocycles. The number of hydrogen-bond acceptors (Lipinski definition) is 3. The lowest BCUT2D eigenvalue weighted by Gasteiger charge is -2.12. The maximum Gasteiger partial charge on any atom is 0.238 e. The Kier molecular flexibility index (Phi) is 7.39. The van der Waals surface area contributed by atoms with Gasteiger partial charge in [0.1, 0.15) is 0 Å². The van der Waals surface area contributed by atoms with Gasteiger partial charge in [0.05, 0.1) is 6.54 Å². The third kappa shape index (κ3) is 6.42. The maximum atomic E-state index is 11.7. The second kappa shape index (κ2) is 8.56. The van der Waals surface area contributed by atoms with Crippen LogP contribution < -0.4 is 10.6 Å². The minimum Gasteiger partial charge on any atom is -0.325 e. The average Bonchev–Trinajstić information content (AvgIpc) is 2.36. The zero-order valence-electron chi connectivity index (χ0n) is 10.7. The van der Waals surface area contributed by atoms with Crippen molar-refractivity contribution >= 4 is 39.3 Å². The molecule has 1 unspecified atom stereocenters. The van der Waals surface area contributed by atoms with Crippen molar-refractivity contribution in [1.29, 1.82) is 0 Å². The van der Waals surface area contributed by atoms with Gasteiger partial charge in [0.25, 0.3) is 0 Å². The number of halogens is 1. The molecule has 0 aliphatic carbocycles. The second-order valence-electron chi connectivity index (χ2n) is 4.00. The maximum absolute atomic E-state index is 11.7. The second-order valence-corrected chi connectivity index (χ2v) is 6.23. The molecule has 0 aromatic heterocycles. The van der Waals surface area contributed by atoms with Gasteiger partial charge in [-0.05, 0) is 36.9 Å². The Morgan fingerprint density at radius 1 is 1.39 bits per heavy atom. The number of benzene rings is 1. The van der Waals surface area contributed by atoms with Crippen molar-refractivity contribution in [2.24, 2.45) is 0 Å². The minimum absolute atomic E-state index is 0.00864. The Labute approximate surface area is 121 Å². The molecular weight excluding hydrogens is 312 g/mol. The van der Waals surface area contributed by atoms with Crippen LogP contribution in [0.3, 0.4) is 0 Å². The van der Waals surface area contributed by atoms with Gasteiger partial charge in [0.15, 0.2) is 0 Å². The lowest BCUT2D eigenvalue weighted by molar-refractivity contribution is -0.115. The van der Waals surface area contributed by atoms with Gasteiger partial charge in [-0.3, -0.25) is 4.79 Å². The van der Waals surface area contributed by atoms with Crippen LogP contribution in [0.1, 0.15) is 13.8 Å². The third-order valence-electron chi connectivity index (χ3n) is 2.31. The van der Waals surface area contributed by atoms with Gasteiger partial charge in [0.2, 0.25) is 5.91 Å². The molecule has 0 aliphatic rings. The Morgan fingerprint density at radius 3 is 2.67 bits per heavy atom. The van der Waals surface area contributed by atoms with E-state index in [9.17, 15) is 4.79 Å². The van der Waals surface area contributed by atoms with E-state index in [2.05, 4.69) is 40.4 Å². The van der Waals surface area contributed by atoms with Crippen LogP contribution >= 0.6 is 27.7 Å². The molecule has 0 bridgehead atoms. The van der Waals surface area contributed by atoms with E-state index in [4.69, 9.17) is 0 Å². The van der Waals surface area contributed by atoms with Crippen LogP contribution in [-0.4, -0.2) is 30.0 Å². The highest BCUT2D eigenvalue weighted by Gasteiger charge is 2.05. The normalized spacial score (nSPS) is 12.2. The fraction of sp³-hybridized carbons (Fsp3) is 0.462. The quantitative estimate of drug-likeness (QED) is 0.807. The van der Waals surface area contributed by atoms with Gasteiger partial charge < -0.3 is 10.6 Å². The van der Waals surface area contributed by atoms with Crippen LogP contribution in [0.4, 0.5) is 5.69 Å². The molecule has 1 aromatic carbocycles. The SMILES string of the molecule is CCSCC(C)NCC(=O)Nc1ccc(Br)cc1. The van der Waals surface area contributed by atoms with E-state index in [1.54, 1.807) is 0 Å². The van der Waals surface area contributed by atoms with Crippen molar-refractivity contribution in [3.63, 3.8) is 0 Å². The highest BCUT2D eigenvalue weighted by molar-refractivity contribution is 9.10. The lowest BCUT2D eigenvalue weighted by Crippen LogP contribution is -2.35. The summed E-state index contributed by atoms with van der Waals surface area (Å²) in [5.74, 6) is 2.13. The van der Waals surface area contributed by atoms with Gasteiger partial charge in [0, 0.05) is 22.0 Å². The topological polar surface area (TPSA) is 41.1 Å². The molecule has 0 radical (unpaired) electrons. The first-order chi connectivity index (χ1) is 8.61. The monoisotopic (exact) mass is 330 g/mol. The lowest BCUT2D eigenvalue weighted by atomic mass is 10.3. The van der Waals surface area contributed by atoms with E-state index in [0.29, 0.717) is 12.6 Å². The third-order valence-corrected chi connectivity index (χ3v) is 3.98. The predicted octanol–water partition coefficient (Wildman–Crippen LogP) is 3.12. The van der Waals surface area contributed by atoms with E-state index in [1.807, 2.05) is 36.0 Å². The Bertz CT molecular complexity index is 370. The molecular formula is C13H19BrN2OS. The van der Waals surface area contributed by atoms with Crippen molar-refractivity contribution in [2.75, 3.05) is 23.4 Å². The van der Waals surface area contributed by atoms with Crippen LogP contribution in [0.2, 0.25) is 0 Å². The summed E-state index contributed by atoms with van der Waals surface area (Å²) < 4.78 is 1.00. The van der Waals surface area contributed by atoms with Gasteiger partial charge in [-0.1, -0.05) is 22.9 Å². The zero-order valence-corrected chi connectivity index (χ0v) is 13.1. The molecule has 2 N–H and O–H groups in total. The molecule has 100 valence electrons. The molecule has 18 heavy (non-hydrogen) atoms. The first-order valence-corrected chi connectivity index (χ1v) is 7.93. The van der Waals surface area contributed by atoms with Gasteiger partial charge >= 0.3 is 0 Å². The molecule has 3 nitrogen and oxygen atoms in total. The van der Waals surface area contributed by atoms with Crippen molar-refractivity contribution in [2.45, 2.75) is 19.9 Å². The van der Waals surface area contributed by atoms with E-state index < -0.39 is 0 Å². The highest BCUT2D eigenvalue weighted by atomic mass is 79.9. The predicted molar refractivity (Wildman–Crippen MR) is 83.2 cm³/mol. The summed E-state index contributed by atoms with van der Waals surface area (Å²) in [6.45, 7) is 4.58. The average molecular weight is 331 g/mol. The van der Waals surface area contributed by atoms with E-state index in [0.717, 1.165) is 21.7 Å². The first kappa shape index (κ1) is 15.5. The molecule has 1 amide bonds. The Hall–Kier alpha value is -0.520. The largest absolute Gasteiger partial charge is 0.325 e. The van der Waals surface area contributed by atoms with E-state index in [1.165, 1.54) is 0 Å². The number of carbonyl (C=O) groups is 1. The van der Waals surface area contributed by atoms with Crippen molar-refractivity contribution in [3.8, 4) is 0 Å². The number of hydrogen-bond donors (Lipinski definition) is 2. The summed E-state index contributed by atoms with van der Waals surface area (Å²) in [5, 5.41) is 6.06. The summed E-state index contributed by atoms with van der Waals surface area (Å²) in [6.07, 6.45) is 0. The molecule has 1 rings (SSSR count). The molecule has 0 heterocycles. The molecule has 5 heteroatoms. The summed E-state index contributed by atoms with van der Waals surface area (Å²) in [6, 6.07) is 7.91. The van der Waals surface area contributed by atoms with Crippen LogP contribution in [0, 0.1) is 0 Å². The number of anilines is 1. The number of carbonyl (C=O) groups excluding carboxylic acids is 1. The van der Waals surface area contributed by atoms with E-state index in [-0.39, 0.29) is 5.91 Å². The first-order valence-electron chi connectivity index (χ1n) is 5.98. The van der Waals surface area contributed by atoms with E-state index >= 15 is 0 Å². The van der Waals surface area contributed by atoms with Crippen molar-refractivity contribution in [1.82, 2.24) is 5.32 Å². The van der Waals surface area contributed by atoms with Crippen LogP contribution in [0.25, 0.3) is 0 Å². The number of thioether (sulfide) groups is 1. The van der Waals surface area contributed by atoms with Crippen molar-refractivity contribution < 1.29 is 4.79 Å². The standard InChI is InChI=1S/C13H19BrN2OS/c1-3-18-9-10(2)15-8-13(17)16-12-6-4-11(14)5-7-12/h4-7,10,15H,3,8-9H2,1-2H3,(H,16,17). The number of amides is 1.